The highest BCUT2D eigenvalue weighted by molar-refractivity contribution is 5.20. The summed E-state index contributed by atoms with van der Waals surface area (Å²) in [4.78, 5) is 11.5. The van der Waals surface area contributed by atoms with Crippen LogP contribution >= 0.6 is 0 Å². The van der Waals surface area contributed by atoms with Gasteiger partial charge in [-0.15, -0.1) is 0 Å². The lowest BCUT2D eigenvalue weighted by molar-refractivity contribution is -0.385. The van der Waals surface area contributed by atoms with E-state index in [1.165, 1.54) is 10.9 Å². The molecule has 2 heterocycles. The van der Waals surface area contributed by atoms with Gasteiger partial charge in [0.2, 0.25) is 0 Å². The van der Waals surface area contributed by atoms with Crippen molar-refractivity contribution in [3.05, 3.63) is 22.5 Å². The van der Waals surface area contributed by atoms with Crippen LogP contribution in [0, 0.1) is 10.1 Å². The van der Waals surface area contributed by atoms with E-state index in [0.717, 1.165) is 6.20 Å². The van der Waals surface area contributed by atoms with Gasteiger partial charge in [-0.1, -0.05) is 0 Å². The van der Waals surface area contributed by atoms with Crippen LogP contribution in [0.3, 0.4) is 0 Å². The van der Waals surface area contributed by atoms with Gasteiger partial charge in [-0.25, -0.2) is 0 Å². The number of likely N-dealkylation sites (tertiary alicyclic amines) is 1. The molecule has 0 aliphatic carbocycles. The zero-order valence-corrected chi connectivity index (χ0v) is 10.4. The Morgan fingerprint density at radius 2 is 2.05 bits per heavy atom. The van der Waals surface area contributed by atoms with Crippen LogP contribution in [-0.2, 0) is 6.67 Å². The van der Waals surface area contributed by atoms with Crippen molar-refractivity contribution in [1.82, 2.24) is 14.7 Å². The first-order chi connectivity index (χ1) is 9.21. The first-order valence-corrected chi connectivity index (χ1v) is 5.90. The van der Waals surface area contributed by atoms with Gasteiger partial charge in [-0.05, 0) is 12.8 Å². The van der Waals surface area contributed by atoms with Gasteiger partial charge in [0.1, 0.15) is 12.4 Å². The van der Waals surface area contributed by atoms with E-state index in [9.17, 15) is 28.4 Å². The Morgan fingerprint density at radius 3 is 2.50 bits per heavy atom. The maximum Gasteiger partial charge on any atom is 0.417 e. The Hall–Kier alpha value is -1.68. The molecule has 0 atom stereocenters. The molecule has 0 saturated carbocycles. The molecule has 1 aromatic heterocycles. The Morgan fingerprint density at radius 1 is 1.45 bits per heavy atom. The Balaban J connectivity index is 1.93. The van der Waals surface area contributed by atoms with Crippen LogP contribution in [0.1, 0.15) is 12.8 Å². The molecule has 1 aliphatic rings. The van der Waals surface area contributed by atoms with E-state index in [1.54, 1.807) is 4.90 Å². The number of piperidine rings is 1. The average Bonchev–Trinajstić information content (AvgIpc) is 2.79. The lowest BCUT2D eigenvalue weighted by Crippen LogP contribution is -2.53. The first kappa shape index (κ1) is 14.7. The molecule has 112 valence electrons. The molecule has 10 heteroatoms. The van der Waals surface area contributed by atoms with Gasteiger partial charge in [-0.2, -0.15) is 18.3 Å². The highest BCUT2D eigenvalue weighted by Crippen LogP contribution is 2.38. The second kappa shape index (κ2) is 5.02. The number of nitro groups is 1. The van der Waals surface area contributed by atoms with E-state index < -0.39 is 29.5 Å². The number of aromatic nitrogens is 2. The van der Waals surface area contributed by atoms with E-state index in [0.29, 0.717) is 0 Å². The second-order valence-corrected chi connectivity index (χ2v) is 4.78. The molecule has 0 radical (unpaired) electrons. The Kier molecular flexibility index (Phi) is 3.69. The van der Waals surface area contributed by atoms with Crippen molar-refractivity contribution in [1.29, 1.82) is 0 Å². The van der Waals surface area contributed by atoms with Gasteiger partial charge < -0.3 is 5.11 Å². The SMILES string of the molecule is O=[N+]([O-])c1cnn(CN2CCC(O)(C(F)(F)F)CC2)c1. The molecule has 0 unspecified atom stereocenters. The minimum absolute atomic E-state index is 0.0453. The van der Waals surface area contributed by atoms with Gasteiger partial charge in [0.25, 0.3) is 0 Å². The van der Waals surface area contributed by atoms with Crippen LogP contribution < -0.4 is 0 Å². The third kappa shape index (κ3) is 2.90. The number of halogens is 3. The number of nitrogens with zero attached hydrogens (tertiary/aromatic N) is 4. The smallest absolute Gasteiger partial charge is 0.380 e. The standard InChI is InChI=1S/C10H13F3N4O3/c11-10(12,13)9(18)1-3-15(4-2-9)7-16-6-8(5-14-16)17(19)20/h5-6,18H,1-4,7H2. The zero-order valence-electron chi connectivity index (χ0n) is 10.4. The van der Waals surface area contributed by atoms with Crippen LogP contribution in [0.5, 0.6) is 0 Å². The van der Waals surface area contributed by atoms with Gasteiger partial charge in [-0.3, -0.25) is 19.7 Å². The lowest BCUT2D eigenvalue weighted by atomic mass is 9.91. The summed E-state index contributed by atoms with van der Waals surface area (Å²) in [5, 5.41) is 23.8. The molecule has 0 aromatic carbocycles. The fourth-order valence-electron chi connectivity index (χ4n) is 2.08. The van der Waals surface area contributed by atoms with Crippen molar-refractivity contribution in [2.45, 2.75) is 31.3 Å². The van der Waals surface area contributed by atoms with Crippen molar-refractivity contribution in [3.8, 4) is 0 Å². The largest absolute Gasteiger partial charge is 0.417 e. The third-order valence-electron chi connectivity index (χ3n) is 3.39. The molecule has 1 aromatic rings. The fraction of sp³-hybridized carbons (Fsp3) is 0.700. The quantitative estimate of drug-likeness (QED) is 0.667. The summed E-state index contributed by atoms with van der Waals surface area (Å²) < 4.78 is 39.1. The van der Waals surface area contributed by atoms with Crippen molar-refractivity contribution in [2.24, 2.45) is 0 Å². The highest BCUT2D eigenvalue weighted by Gasteiger charge is 2.54. The van der Waals surface area contributed by atoms with Crippen LogP contribution in [-0.4, -0.2) is 49.6 Å². The monoisotopic (exact) mass is 294 g/mol. The van der Waals surface area contributed by atoms with E-state index in [2.05, 4.69) is 5.10 Å². The molecule has 1 saturated heterocycles. The maximum absolute atomic E-state index is 12.6. The van der Waals surface area contributed by atoms with Crippen molar-refractivity contribution in [3.63, 3.8) is 0 Å². The summed E-state index contributed by atoms with van der Waals surface area (Å²) in [6.45, 7) is 0.245. The summed E-state index contributed by atoms with van der Waals surface area (Å²) in [6.07, 6.45) is -3.18. The number of hydrogen-bond donors (Lipinski definition) is 1. The molecular formula is C10H13F3N4O3. The lowest BCUT2D eigenvalue weighted by Gasteiger charge is -2.38. The Bertz CT molecular complexity index is 494. The number of alkyl halides is 3. The molecule has 0 spiro atoms. The fourth-order valence-corrected chi connectivity index (χ4v) is 2.08. The molecule has 1 N–H and O–H groups in total. The topological polar surface area (TPSA) is 84.4 Å². The van der Waals surface area contributed by atoms with Gasteiger partial charge in [0.05, 0.1) is 11.6 Å². The maximum atomic E-state index is 12.6. The van der Waals surface area contributed by atoms with E-state index in [4.69, 9.17) is 0 Å². The van der Waals surface area contributed by atoms with Gasteiger partial charge in [0, 0.05) is 13.1 Å². The predicted octanol–water partition coefficient (Wildman–Crippen LogP) is 1.14. The highest BCUT2D eigenvalue weighted by atomic mass is 19.4. The summed E-state index contributed by atoms with van der Waals surface area (Å²) in [6, 6.07) is 0. The van der Waals surface area contributed by atoms with E-state index in [1.807, 2.05) is 0 Å². The first-order valence-electron chi connectivity index (χ1n) is 5.90. The average molecular weight is 294 g/mol. The normalized spacial score (nSPS) is 20.0. The molecule has 1 fully saturated rings. The molecule has 7 nitrogen and oxygen atoms in total. The van der Waals surface area contributed by atoms with Crippen LogP contribution in [0.2, 0.25) is 0 Å². The van der Waals surface area contributed by atoms with Crippen molar-refractivity contribution in [2.75, 3.05) is 13.1 Å². The molecule has 1 aliphatic heterocycles. The minimum atomic E-state index is -4.64. The van der Waals surface area contributed by atoms with Crippen LogP contribution in [0.15, 0.2) is 12.4 Å². The zero-order chi connectivity index (χ0) is 15.0. The number of hydrogen-bond acceptors (Lipinski definition) is 5. The van der Waals surface area contributed by atoms with Crippen molar-refractivity contribution < 1.29 is 23.2 Å². The third-order valence-corrected chi connectivity index (χ3v) is 3.39. The summed E-state index contributed by atoms with van der Waals surface area (Å²) in [5.41, 5.74) is -2.81. The number of aliphatic hydroxyl groups is 1. The van der Waals surface area contributed by atoms with Crippen molar-refractivity contribution >= 4 is 5.69 Å². The molecule has 0 amide bonds. The summed E-state index contributed by atoms with van der Waals surface area (Å²) in [5.74, 6) is 0. The molecule has 0 bridgehead atoms. The summed E-state index contributed by atoms with van der Waals surface area (Å²) in [7, 11) is 0. The van der Waals surface area contributed by atoms with Gasteiger partial charge >= 0.3 is 11.9 Å². The van der Waals surface area contributed by atoms with E-state index in [-0.39, 0.29) is 25.4 Å². The number of rotatable bonds is 3. The van der Waals surface area contributed by atoms with Gasteiger partial charge in [0.15, 0.2) is 5.60 Å². The minimum Gasteiger partial charge on any atom is -0.380 e. The molecule has 20 heavy (non-hydrogen) atoms. The Labute approximate surface area is 111 Å². The van der Waals surface area contributed by atoms with E-state index >= 15 is 0 Å². The van der Waals surface area contributed by atoms with Crippen LogP contribution in [0.25, 0.3) is 0 Å². The van der Waals surface area contributed by atoms with Crippen LogP contribution in [0.4, 0.5) is 18.9 Å². The second-order valence-electron chi connectivity index (χ2n) is 4.78. The molecular weight excluding hydrogens is 281 g/mol. The predicted molar refractivity (Wildman–Crippen MR) is 60.7 cm³/mol. The molecule has 2 rings (SSSR count). The summed E-state index contributed by atoms with van der Waals surface area (Å²) >= 11 is 0.